The molecule has 2 heterocycles. The van der Waals surface area contributed by atoms with Crippen molar-refractivity contribution in [3.8, 4) is 17.1 Å². The van der Waals surface area contributed by atoms with Crippen LogP contribution in [0.5, 0.6) is 5.75 Å². The zero-order valence-corrected chi connectivity index (χ0v) is 12.3. The van der Waals surface area contributed by atoms with Crippen molar-refractivity contribution in [2.45, 2.75) is 19.1 Å². The molecule has 0 unspecified atom stereocenters. The molecular formula is C14H12F3N5O2. The van der Waals surface area contributed by atoms with Gasteiger partial charge in [0.2, 0.25) is 11.7 Å². The van der Waals surface area contributed by atoms with E-state index in [1.165, 1.54) is 12.1 Å². The highest BCUT2D eigenvalue weighted by Crippen LogP contribution is 2.22. The summed E-state index contributed by atoms with van der Waals surface area (Å²) < 4.78 is 47.7. The molecular weight excluding hydrogens is 327 g/mol. The largest absolute Gasteiger partial charge is 0.484 e. The predicted octanol–water partition coefficient (Wildman–Crippen LogP) is 2.51. The van der Waals surface area contributed by atoms with Gasteiger partial charge in [0.25, 0.3) is 0 Å². The molecule has 7 nitrogen and oxygen atoms in total. The van der Waals surface area contributed by atoms with E-state index < -0.39 is 12.8 Å². The molecule has 3 rings (SSSR count). The van der Waals surface area contributed by atoms with E-state index in [0.717, 1.165) is 0 Å². The molecule has 10 heteroatoms. The maximum absolute atomic E-state index is 12.1. The smallest absolute Gasteiger partial charge is 0.422 e. The summed E-state index contributed by atoms with van der Waals surface area (Å²) in [6.45, 7) is -0.785. The third-order valence-corrected chi connectivity index (χ3v) is 3.01. The van der Waals surface area contributed by atoms with E-state index in [1.807, 2.05) is 0 Å². The molecule has 0 bridgehead atoms. The number of hydrogen-bond acceptors (Lipinski definition) is 6. The summed E-state index contributed by atoms with van der Waals surface area (Å²) in [5.41, 5.74) is 0.616. The monoisotopic (exact) mass is 339 g/mol. The summed E-state index contributed by atoms with van der Waals surface area (Å²) in [7, 11) is 0. The van der Waals surface area contributed by atoms with Gasteiger partial charge >= 0.3 is 6.18 Å². The average Bonchev–Trinajstić information content (AvgIpc) is 3.22. The van der Waals surface area contributed by atoms with Crippen LogP contribution < -0.4 is 4.74 Å². The van der Waals surface area contributed by atoms with Crippen molar-refractivity contribution in [1.82, 2.24) is 25.1 Å². The van der Waals surface area contributed by atoms with Gasteiger partial charge in [-0.2, -0.15) is 18.2 Å². The Morgan fingerprint density at radius 2 is 1.96 bits per heavy atom. The molecule has 0 N–H and O–H groups in total. The van der Waals surface area contributed by atoms with Gasteiger partial charge in [0.05, 0.1) is 12.7 Å². The van der Waals surface area contributed by atoms with Crippen LogP contribution in [0.1, 0.15) is 5.89 Å². The average molecular weight is 339 g/mol. The second kappa shape index (κ2) is 6.69. The van der Waals surface area contributed by atoms with Crippen molar-refractivity contribution in [1.29, 1.82) is 0 Å². The van der Waals surface area contributed by atoms with E-state index in [1.54, 1.807) is 29.2 Å². The highest BCUT2D eigenvalue weighted by atomic mass is 19.4. The fourth-order valence-corrected chi connectivity index (χ4v) is 1.90. The van der Waals surface area contributed by atoms with Gasteiger partial charge in [0.15, 0.2) is 6.61 Å². The van der Waals surface area contributed by atoms with E-state index in [4.69, 9.17) is 4.52 Å². The van der Waals surface area contributed by atoms with Crippen LogP contribution in [0.15, 0.2) is 41.2 Å². The predicted molar refractivity (Wildman–Crippen MR) is 75.0 cm³/mol. The summed E-state index contributed by atoms with van der Waals surface area (Å²) >= 11 is 0. The highest BCUT2D eigenvalue weighted by molar-refractivity contribution is 5.55. The number of nitrogens with zero attached hydrogens (tertiary/aromatic N) is 5. The van der Waals surface area contributed by atoms with Gasteiger partial charge in [0, 0.05) is 18.2 Å². The number of aryl methyl sites for hydroxylation is 2. The Labute approximate surface area is 134 Å². The van der Waals surface area contributed by atoms with Crippen LogP contribution in [0.25, 0.3) is 11.4 Å². The summed E-state index contributed by atoms with van der Waals surface area (Å²) in [4.78, 5) is 4.23. The van der Waals surface area contributed by atoms with Gasteiger partial charge in [-0.15, -0.1) is 5.10 Å². The first-order valence-corrected chi connectivity index (χ1v) is 6.96. The number of benzene rings is 1. The maximum atomic E-state index is 12.1. The summed E-state index contributed by atoms with van der Waals surface area (Å²) in [6, 6.07) is 5.98. The van der Waals surface area contributed by atoms with Crippen LogP contribution in [-0.2, 0) is 13.0 Å². The highest BCUT2D eigenvalue weighted by Gasteiger charge is 2.28. The number of halogens is 3. The molecule has 0 fully saturated rings. The Bertz CT molecular complexity index is 769. The van der Waals surface area contributed by atoms with Crippen LogP contribution in [-0.4, -0.2) is 37.9 Å². The maximum Gasteiger partial charge on any atom is 0.422 e. The van der Waals surface area contributed by atoms with E-state index in [2.05, 4.69) is 25.2 Å². The Kier molecular flexibility index (Phi) is 4.45. The fourth-order valence-electron chi connectivity index (χ4n) is 1.90. The third-order valence-electron chi connectivity index (χ3n) is 3.01. The molecule has 0 saturated carbocycles. The molecule has 0 atom stereocenters. The normalized spacial score (nSPS) is 11.6. The molecule has 0 saturated heterocycles. The fraction of sp³-hybridized carbons (Fsp3) is 0.286. The second-order valence-corrected chi connectivity index (χ2v) is 4.86. The Morgan fingerprint density at radius 3 is 2.62 bits per heavy atom. The van der Waals surface area contributed by atoms with Crippen molar-refractivity contribution < 1.29 is 22.4 Å². The minimum atomic E-state index is -4.37. The standard InChI is InChI=1S/C14H12F3N5O2/c15-14(16,17)9-23-11-3-1-10(2-4-11)13-19-12(24-20-13)5-7-22-8-6-18-21-22/h1-4,6,8H,5,7,9H2. The lowest BCUT2D eigenvalue weighted by atomic mass is 10.2. The van der Waals surface area contributed by atoms with Crippen molar-refractivity contribution in [2.24, 2.45) is 0 Å². The first kappa shape index (κ1) is 16.0. The van der Waals surface area contributed by atoms with Gasteiger partial charge in [-0.25, -0.2) is 0 Å². The number of hydrogen-bond donors (Lipinski definition) is 0. The summed E-state index contributed by atoms with van der Waals surface area (Å²) in [5, 5.41) is 11.4. The van der Waals surface area contributed by atoms with Crippen molar-refractivity contribution in [2.75, 3.05) is 6.61 Å². The lowest BCUT2D eigenvalue weighted by molar-refractivity contribution is -0.153. The van der Waals surface area contributed by atoms with E-state index in [0.29, 0.717) is 30.2 Å². The van der Waals surface area contributed by atoms with Crippen molar-refractivity contribution >= 4 is 0 Å². The van der Waals surface area contributed by atoms with Crippen LogP contribution >= 0.6 is 0 Å². The number of aromatic nitrogens is 5. The van der Waals surface area contributed by atoms with Gasteiger partial charge < -0.3 is 9.26 Å². The molecule has 0 aliphatic carbocycles. The number of alkyl halides is 3. The van der Waals surface area contributed by atoms with Crippen molar-refractivity contribution in [3.05, 3.63) is 42.5 Å². The molecule has 0 amide bonds. The lowest BCUT2D eigenvalue weighted by Crippen LogP contribution is -2.19. The van der Waals surface area contributed by atoms with Gasteiger partial charge in [0.1, 0.15) is 5.75 Å². The Morgan fingerprint density at radius 1 is 1.17 bits per heavy atom. The van der Waals surface area contributed by atoms with Crippen molar-refractivity contribution in [3.63, 3.8) is 0 Å². The van der Waals surface area contributed by atoms with E-state index in [9.17, 15) is 13.2 Å². The van der Waals surface area contributed by atoms with Crippen LogP contribution in [0.4, 0.5) is 13.2 Å². The van der Waals surface area contributed by atoms with Crippen LogP contribution in [0.2, 0.25) is 0 Å². The minimum absolute atomic E-state index is 0.117. The molecule has 2 aromatic heterocycles. The van der Waals surface area contributed by atoms with Crippen LogP contribution in [0, 0.1) is 0 Å². The van der Waals surface area contributed by atoms with E-state index in [-0.39, 0.29) is 5.75 Å². The van der Waals surface area contributed by atoms with Gasteiger partial charge in [-0.05, 0) is 24.3 Å². The van der Waals surface area contributed by atoms with Crippen LogP contribution in [0.3, 0.4) is 0 Å². The zero-order valence-electron chi connectivity index (χ0n) is 12.3. The lowest BCUT2D eigenvalue weighted by Gasteiger charge is -2.08. The quantitative estimate of drug-likeness (QED) is 0.687. The molecule has 0 aliphatic rings. The molecule has 1 aromatic carbocycles. The molecule has 0 radical (unpaired) electrons. The topological polar surface area (TPSA) is 78.9 Å². The molecule has 0 spiro atoms. The Hall–Kier alpha value is -2.91. The first-order valence-electron chi connectivity index (χ1n) is 6.96. The molecule has 126 valence electrons. The first-order chi connectivity index (χ1) is 11.5. The summed E-state index contributed by atoms with van der Waals surface area (Å²) in [6.07, 6.45) is -0.590. The molecule has 24 heavy (non-hydrogen) atoms. The van der Waals surface area contributed by atoms with Gasteiger partial charge in [-0.1, -0.05) is 10.4 Å². The number of rotatable bonds is 6. The minimum Gasteiger partial charge on any atom is -0.484 e. The van der Waals surface area contributed by atoms with Gasteiger partial charge in [-0.3, -0.25) is 4.68 Å². The SMILES string of the molecule is FC(F)(F)COc1ccc(-c2noc(CCn3ccnn3)n2)cc1. The van der Waals surface area contributed by atoms with E-state index >= 15 is 0 Å². The summed E-state index contributed by atoms with van der Waals surface area (Å²) in [5.74, 6) is 0.898. The molecule has 0 aliphatic heterocycles. The zero-order chi connectivity index (χ0) is 17.0. The second-order valence-electron chi connectivity index (χ2n) is 4.86. The third kappa shape index (κ3) is 4.31. The molecule has 3 aromatic rings. The Balaban J connectivity index is 1.60. The number of ether oxygens (including phenoxy) is 1.